The Bertz CT molecular complexity index is 1540. The third-order valence-electron chi connectivity index (χ3n) is 8.44. The van der Waals surface area contributed by atoms with Crippen LogP contribution in [-0.4, -0.2) is 43.8 Å². The lowest BCUT2D eigenvalue weighted by molar-refractivity contribution is -0.117. The van der Waals surface area contributed by atoms with Gasteiger partial charge in [0.15, 0.2) is 23.1 Å². The molecular weight excluding hydrogens is 629 g/mol. The largest absolute Gasteiger partial charge is 0.493 e. The topological polar surface area (TPSA) is 65.1 Å². The summed E-state index contributed by atoms with van der Waals surface area (Å²) in [5.41, 5.74) is 5.65. The van der Waals surface area contributed by atoms with E-state index < -0.39 is 5.92 Å². The third kappa shape index (κ3) is 5.18. The first kappa shape index (κ1) is 28.0. The molecule has 3 aromatic carbocycles. The fraction of sp³-hybridized carbons (Fsp3) is 0.353. The molecule has 7 heteroatoms. The molecule has 6 rings (SSSR count). The molecule has 3 aliphatic rings. The maximum absolute atomic E-state index is 13.6. The second-order valence-corrected chi connectivity index (χ2v) is 12.0. The standard InChI is InChI=1S/C34H34INO5/c1-39-17-16-36-26-12-6-14-28(37)32(26)31(33-27(36)13-7-15-29(33)38)23-18-25(35)34(30(19-23)40-2)41-20-22-10-5-9-21-8-3-4-11-24(21)22/h3-5,8-11,18-19,31H,6-7,12-17,20H2,1-2H3. The predicted octanol–water partition coefficient (Wildman–Crippen LogP) is 7.09. The van der Waals surface area contributed by atoms with Gasteiger partial charge < -0.3 is 19.1 Å². The number of hydrogen-bond acceptors (Lipinski definition) is 6. The molecule has 0 unspecified atom stereocenters. The summed E-state index contributed by atoms with van der Waals surface area (Å²) in [4.78, 5) is 29.4. The zero-order valence-electron chi connectivity index (χ0n) is 23.5. The first-order chi connectivity index (χ1) is 20.0. The minimum absolute atomic E-state index is 0.133. The SMILES string of the molecule is COCCN1C2=C(C(=O)CCC2)C(c2cc(I)c(OCc3cccc4ccccc34)c(OC)c2)C2=C1CCCC2=O. The number of fused-ring (bicyclic) bond motifs is 1. The second-order valence-electron chi connectivity index (χ2n) is 10.8. The van der Waals surface area contributed by atoms with E-state index in [1.165, 1.54) is 5.39 Å². The summed E-state index contributed by atoms with van der Waals surface area (Å²) in [5, 5.41) is 2.33. The summed E-state index contributed by atoms with van der Waals surface area (Å²) in [5.74, 6) is 1.14. The number of carbonyl (C=O) groups is 2. The van der Waals surface area contributed by atoms with E-state index in [-0.39, 0.29) is 11.6 Å². The minimum atomic E-state index is -0.395. The van der Waals surface area contributed by atoms with E-state index >= 15 is 0 Å². The van der Waals surface area contributed by atoms with Gasteiger partial charge in [-0.15, -0.1) is 0 Å². The molecular formula is C34H34INO5. The number of rotatable bonds is 8. The number of allylic oxidation sites excluding steroid dienone is 4. The molecule has 212 valence electrons. The van der Waals surface area contributed by atoms with Gasteiger partial charge in [0.2, 0.25) is 0 Å². The zero-order valence-corrected chi connectivity index (χ0v) is 25.7. The summed E-state index contributed by atoms with van der Waals surface area (Å²) in [6.45, 7) is 1.57. The highest BCUT2D eigenvalue weighted by atomic mass is 127. The van der Waals surface area contributed by atoms with Crippen LogP contribution in [0, 0.1) is 3.57 Å². The molecule has 41 heavy (non-hydrogen) atoms. The molecule has 0 spiro atoms. The molecule has 0 fully saturated rings. The molecule has 0 amide bonds. The third-order valence-corrected chi connectivity index (χ3v) is 9.24. The first-order valence-corrected chi connectivity index (χ1v) is 15.4. The molecule has 0 saturated heterocycles. The number of hydrogen-bond donors (Lipinski definition) is 0. The van der Waals surface area contributed by atoms with Crippen LogP contribution < -0.4 is 9.47 Å². The fourth-order valence-electron chi connectivity index (χ4n) is 6.62. The number of benzene rings is 3. The monoisotopic (exact) mass is 663 g/mol. The van der Waals surface area contributed by atoms with E-state index in [1.807, 2.05) is 24.3 Å². The van der Waals surface area contributed by atoms with Crippen LogP contribution in [0.25, 0.3) is 10.8 Å². The van der Waals surface area contributed by atoms with Crippen LogP contribution >= 0.6 is 22.6 Å². The molecule has 1 aliphatic heterocycles. The van der Waals surface area contributed by atoms with E-state index in [1.54, 1.807) is 14.2 Å². The lowest BCUT2D eigenvalue weighted by Gasteiger charge is -2.44. The van der Waals surface area contributed by atoms with Crippen molar-refractivity contribution >= 4 is 44.9 Å². The maximum Gasteiger partial charge on any atom is 0.174 e. The van der Waals surface area contributed by atoms with Crippen molar-refractivity contribution in [2.24, 2.45) is 0 Å². The average Bonchev–Trinajstić information content (AvgIpc) is 2.99. The van der Waals surface area contributed by atoms with Crippen molar-refractivity contribution < 1.29 is 23.8 Å². The van der Waals surface area contributed by atoms with Gasteiger partial charge in [-0.05, 0) is 82.3 Å². The molecule has 3 aromatic rings. The van der Waals surface area contributed by atoms with Crippen molar-refractivity contribution in [3.05, 3.63) is 91.8 Å². The molecule has 0 radical (unpaired) electrons. The van der Waals surface area contributed by atoms with Crippen molar-refractivity contribution in [1.82, 2.24) is 4.90 Å². The van der Waals surface area contributed by atoms with Gasteiger partial charge in [-0.1, -0.05) is 42.5 Å². The number of carbonyl (C=O) groups excluding carboxylic acids is 2. The van der Waals surface area contributed by atoms with Gasteiger partial charge in [0.1, 0.15) is 6.61 Å². The summed E-state index contributed by atoms with van der Waals surface area (Å²) in [6, 6.07) is 18.5. The Morgan fingerprint density at radius 1 is 0.878 bits per heavy atom. The Morgan fingerprint density at radius 2 is 1.56 bits per heavy atom. The van der Waals surface area contributed by atoms with E-state index in [4.69, 9.17) is 14.2 Å². The molecule has 0 N–H and O–H groups in total. The van der Waals surface area contributed by atoms with Gasteiger partial charge in [-0.25, -0.2) is 0 Å². The minimum Gasteiger partial charge on any atom is -0.493 e. The Balaban J connectivity index is 1.42. The van der Waals surface area contributed by atoms with Crippen molar-refractivity contribution in [2.45, 2.75) is 51.0 Å². The van der Waals surface area contributed by atoms with Crippen LogP contribution in [0.5, 0.6) is 11.5 Å². The quantitative estimate of drug-likeness (QED) is 0.240. The van der Waals surface area contributed by atoms with Gasteiger partial charge in [-0.2, -0.15) is 0 Å². The van der Waals surface area contributed by atoms with Crippen molar-refractivity contribution in [3.63, 3.8) is 0 Å². The van der Waals surface area contributed by atoms with Gasteiger partial charge in [-0.3, -0.25) is 9.59 Å². The Hall–Kier alpha value is -3.17. The van der Waals surface area contributed by atoms with Gasteiger partial charge in [0.05, 0.1) is 17.3 Å². The lowest BCUT2D eigenvalue weighted by atomic mass is 9.71. The number of ketones is 2. The van der Waals surface area contributed by atoms with Gasteiger partial charge in [0.25, 0.3) is 0 Å². The Kier molecular flexibility index (Phi) is 8.17. The molecule has 0 aromatic heterocycles. The van der Waals surface area contributed by atoms with E-state index in [0.29, 0.717) is 44.1 Å². The zero-order chi connectivity index (χ0) is 28.5. The molecule has 2 aliphatic carbocycles. The van der Waals surface area contributed by atoms with Crippen LogP contribution in [0.2, 0.25) is 0 Å². The summed E-state index contributed by atoms with van der Waals surface area (Å²) < 4.78 is 18.6. The van der Waals surface area contributed by atoms with Crippen LogP contribution in [0.1, 0.15) is 55.6 Å². The van der Waals surface area contributed by atoms with E-state index in [0.717, 1.165) is 68.3 Å². The summed E-state index contributed by atoms with van der Waals surface area (Å²) in [7, 11) is 3.33. The van der Waals surface area contributed by atoms with Gasteiger partial charge >= 0.3 is 0 Å². The Morgan fingerprint density at radius 3 is 2.24 bits per heavy atom. The maximum atomic E-state index is 13.6. The van der Waals surface area contributed by atoms with Crippen molar-refractivity contribution in [1.29, 1.82) is 0 Å². The molecule has 6 nitrogen and oxygen atoms in total. The average molecular weight is 664 g/mol. The summed E-state index contributed by atoms with van der Waals surface area (Å²) >= 11 is 2.29. The lowest BCUT2D eigenvalue weighted by Crippen LogP contribution is -2.40. The van der Waals surface area contributed by atoms with Crippen molar-refractivity contribution in [3.8, 4) is 11.5 Å². The highest BCUT2D eigenvalue weighted by molar-refractivity contribution is 14.1. The number of nitrogens with zero attached hydrogens (tertiary/aromatic N) is 1. The smallest absolute Gasteiger partial charge is 0.174 e. The predicted molar refractivity (Wildman–Crippen MR) is 167 cm³/mol. The highest BCUT2D eigenvalue weighted by Crippen LogP contribution is 2.50. The first-order valence-electron chi connectivity index (χ1n) is 14.3. The molecule has 0 atom stereocenters. The van der Waals surface area contributed by atoms with E-state index in [2.05, 4.69) is 57.8 Å². The highest BCUT2D eigenvalue weighted by Gasteiger charge is 2.43. The van der Waals surface area contributed by atoms with E-state index in [9.17, 15) is 9.59 Å². The van der Waals surface area contributed by atoms with Crippen LogP contribution in [0.4, 0.5) is 0 Å². The van der Waals surface area contributed by atoms with Gasteiger partial charge in [0, 0.05) is 55.0 Å². The van der Waals surface area contributed by atoms with Crippen LogP contribution in [0.3, 0.4) is 0 Å². The van der Waals surface area contributed by atoms with Crippen LogP contribution in [0.15, 0.2) is 77.1 Å². The molecule has 0 bridgehead atoms. The molecule has 0 saturated carbocycles. The number of halogens is 1. The number of Topliss-reactive ketones (excluding diaryl/α,β-unsaturated/α-hetero) is 2. The van der Waals surface area contributed by atoms with Crippen LogP contribution in [-0.2, 0) is 20.9 Å². The normalized spacial score (nSPS) is 17.7. The summed E-state index contributed by atoms with van der Waals surface area (Å²) in [6.07, 6.45) is 4.31. The second kappa shape index (κ2) is 12.0. The Labute approximate surface area is 254 Å². The molecule has 1 heterocycles. The number of methoxy groups -OCH3 is 2. The van der Waals surface area contributed by atoms with Crippen molar-refractivity contribution in [2.75, 3.05) is 27.4 Å². The number of ether oxygens (including phenoxy) is 3. The fourth-order valence-corrected chi connectivity index (χ4v) is 7.40.